The Labute approximate surface area is 83.2 Å². The Morgan fingerprint density at radius 1 is 1.64 bits per heavy atom. The number of rotatable bonds is 6. The van der Waals surface area contributed by atoms with E-state index in [0.29, 0.717) is 18.7 Å². The first-order valence-corrected chi connectivity index (χ1v) is 4.72. The van der Waals surface area contributed by atoms with Crippen LogP contribution in [-0.2, 0) is 4.74 Å². The van der Waals surface area contributed by atoms with Crippen molar-refractivity contribution < 1.29 is 13.9 Å². The monoisotopic (exact) mass is 197 g/mol. The lowest BCUT2D eigenvalue weighted by Crippen LogP contribution is -2.24. The van der Waals surface area contributed by atoms with Gasteiger partial charge in [0, 0.05) is 19.8 Å². The van der Waals surface area contributed by atoms with E-state index in [1.165, 1.54) is 12.5 Å². The van der Waals surface area contributed by atoms with E-state index in [9.17, 15) is 4.79 Å². The van der Waals surface area contributed by atoms with Gasteiger partial charge in [-0.05, 0) is 19.4 Å². The number of carbonyl (C=O) groups excluding carboxylic acids is 1. The molecule has 1 amide bonds. The third kappa shape index (κ3) is 3.62. The molecule has 1 N–H and O–H groups in total. The Morgan fingerprint density at radius 3 is 3.14 bits per heavy atom. The van der Waals surface area contributed by atoms with E-state index in [0.717, 1.165) is 13.0 Å². The van der Waals surface area contributed by atoms with Crippen molar-refractivity contribution in [3.63, 3.8) is 0 Å². The molecule has 0 aliphatic carbocycles. The number of carbonyl (C=O) groups is 1. The van der Waals surface area contributed by atoms with E-state index >= 15 is 0 Å². The molecule has 0 fully saturated rings. The minimum atomic E-state index is -0.102. The summed E-state index contributed by atoms with van der Waals surface area (Å²) >= 11 is 0. The van der Waals surface area contributed by atoms with Crippen LogP contribution in [-0.4, -0.2) is 25.7 Å². The Hall–Kier alpha value is -1.29. The molecule has 1 heterocycles. The average molecular weight is 197 g/mol. The van der Waals surface area contributed by atoms with Crippen LogP contribution < -0.4 is 5.32 Å². The second kappa shape index (κ2) is 6.21. The smallest absolute Gasteiger partial charge is 0.254 e. The molecule has 0 atom stereocenters. The Morgan fingerprint density at radius 2 is 2.50 bits per heavy atom. The Kier molecular flexibility index (Phi) is 4.78. The summed E-state index contributed by atoms with van der Waals surface area (Å²) in [5.41, 5.74) is 0.557. The molecule has 14 heavy (non-hydrogen) atoms. The van der Waals surface area contributed by atoms with Crippen molar-refractivity contribution >= 4 is 5.91 Å². The Bertz CT molecular complexity index is 256. The van der Waals surface area contributed by atoms with Gasteiger partial charge in [0.25, 0.3) is 5.91 Å². The maximum absolute atomic E-state index is 11.3. The van der Waals surface area contributed by atoms with Crippen molar-refractivity contribution in [2.75, 3.05) is 19.8 Å². The SMILES string of the molecule is CCOCCCNC(=O)c1ccoc1. The Balaban J connectivity index is 2.10. The molecule has 0 radical (unpaired) electrons. The maximum atomic E-state index is 11.3. The molecule has 1 aromatic heterocycles. The number of ether oxygens (including phenoxy) is 1. The molecule has 1 rings (SSSR count). The van der Waals surface area contributed by atoms with E-state index in [4.69, 9.17) is 9.15 Å². The second-order valence-corrected chi connectivity index (χ2v) is 2.82. The average Bonchev–Trinajstić information content (AvgIpc) is 2.70. The molecular weight excluding hydrogens is 182 g/mol. The minimum absolute atomic E-state index is 0.102. The number of nitrogens with one attached hydrogen (secondary N) is 1. The highest BCUT2D eigenvalue weighted by atomic mass is 16.5. The van der Waals surface area contributed by atoms with Crippen molar-refractivity contribution in [1.82, 2.24) is 5.32 Å². The van der Waals surface area contributed by atoms with Gasteiger partial charge in [0.15, 0.2) is 0 Å². The van der Waals surface area contributed by atoms with E-state index in [1.807, 2.05) is 6.92 Å². The van der Waals surface area contributed by atoms with Crippen LogP contribution in [0.25, 0.3) is 0 Å². The van der Waals surface area contributed by atoms with Gasteiger partial charge in [0.05, 0.1) is 11.8 Å². The van der Waals surface area contributed by atoms with Crippen molar-refractivity contribution in [1.29, 1.82) is 0 Å². The van der Waals surface area contributed by atoms with Gasteiger partial charge in [-0.3, -0.25) is 4.79 Å². The van der Waals surface area contributed by atoms with Crippen molar-refractivity contribution in [2.45, 2.75) is 13.3 Å². The quantitative estimate of drug-likeness (QED) is 0.702. The van der Waals surface area contributed by atoms with Crippen molar-refractivity contribution in [2.24, 2.45) is 0 Å². The molecule has 4 nitrogen and oxygen atoms in total. The summed E-state index contributed by atoms with van der Waals surface area (Å²) in [4.78, 5) is 11.3. The van der Waals surface area contributed by atoms with Gasteiger partial charge in [-0.1, -0.05) is 0 Å². The molecule has 4 heteroatoms. The molecule has 0 saturated carbocycles. The van der Waals surface area contributed by atoms with Crippen LogP contribution in [0.2, 0.25) is 0 Å². The van der Waals surface area contributed by atoms with Gasteiger partial charge in [0.1, 0.15) is 6.26 Å². The van der Waals surface area contributed by atoms with Gasteiger partial charge in [0.2, 0.25) is 0 Å². The highest BCUT2D eigenvalue weighted by molar-refractivity contribution is 5.93. The van der Waals surface area contributed by atoms with E-state index in [2.05, 4.69) is 5.32 Å². The summed E-state index contributed by atoms with van der Waals surface area (Å²) in [6, 6.07) is 1.64. The lowest BCUT2D eigenvalue weighted by Gasteiger charge is -2.03. The van der Waals surface area contributed by atoms with Crippen molar-refractivity contribution in [3.05, 3.63) is 24.2 Å². The largest absolute Gasteiger partial charge is 0.472 e. The summed E-state index contributed by atoms with van der Waals surface area (Å²) in [6.45, 7) is 3.98. The van der Waals surface area contributed by atoms with Gasteiger partial charge in [-0.15, -0.1) is 0 Å². The summed E-state index contributed by atoms with van der Waals surface area (Å²) < 4.78 is 9.93. The number of hydrogen-bond donors (Lipinski definition) is 1. The number of amides is 1. The highest BCUT2D eigenvalue weighted by Crippen LogP contribution is 1.98. The molecule has 78 valence electrons. The zero-order chi connectivity index (χ0) is 10.2. The second-order valence-electron chi connectivity index (χ2n) is 2.82. The lowest BCUT2D eigenvalue weighted by atomic mass is 10.3. The standard InChI is InChI=1S/C10H15NO3/c1-2-13-6-3-5-11-10(12)9-4-7-14-8-9/h4,7-8H,2-3,5-6H2,1H3,(H,11,12). The highest BCUT2D eigenvalue weighted by Gasteiger charge is 2.04. The summed E-state index contributed by atoms with van der Waals surface area (Å²) in [6.07, 6.45) is 3.74. The normalized spacial score (nSPS) is 10.1. The fourth-order valence-electron chi connectivity index (χ4n) is 1.02. The molecule has 0 aromatic carbocycles. The third-order valence-electron chi connectivity index (χ3n) is 1.74. The fourth-order valence-corrected chi connectivity index (χ4v) is 1.02. The molecule has 0 bridgehead atoms. The summed E-state index contributed by atoms with van der Waals surface area (Å²) in [5.74, 6) is -0.102. The number of furan rings is 1. The van der Waals surface area contributed by atoms with Crippen LogP contribution in [0, 0.1) is 0 Å². The van der Waals surface area contributed by atoms with E-state index < -0.39 is 0 Å². The molecule has 0 saturated heterocycles. The van der Waals surface area contributed by atoms with Gasteiger partial charge >= 0.3 is 0 Å². The van der Waals surface area contributed by atoms with E-state index in [1.54, 1.807) is 6.07 Å². The van der Waals surface area contributed by atoms with Crippen LogP contribution in [0.15, 0.2) is 23.0 Å². The molecule has 0 aliphatic heterocycles. The van der Waals surface area contributed by atoms with Crippen LogP contribution in [0.3, 0.4) is 0 Å². The zero-order valence-electron chi connectivity index (χ0n) is 8.29. The van der Waals surface area contributed by atoms with Gasteiger partial charge in [-0.2, -0.15) is 0 Å². The lowest BCUT2D eigenvalue weighted by molar-refractivity contribution is 0.0943. The first-order valence-electron chi connectivity index (χ1n) is 4.72. The first-order chi connectivity index (χ1) is 6.84. The molecule has 0 unspecified atom stereocenters. The molecule has 0 aliphatic rings. The fraction of sp³-hybridized carbons (Fsp3) is 0.500. The molecular formula is C10H15NO3. The van der Waals surface area contributed by atoms with Gasteiger partial charge in [-0.25, -0.2) is 0 Å². The predicted octanol–water partition coefficient (Wildman–Crippen LogP) is 1.44. The van der Waals surface area contributed by atoms with Crippen LogP contribution in [0.5, 0.6) is 0 Å². The van der Waals surface area contributed by atoms with Crippen molar-refractivity contribution in [3.8, 4) is 0 Å². The molecule has 1 aromatic rings. The third-order valence-corrected chi connectivity index (χ3v) is 1.74. The van der Waals surface area contributed by atoms with Gasteiger partial charge < -0.3 is 14.5 Å². The summed E-state index contributed by atoms with van der Waals surface area (Å²) in [7, 11) is 0. The zero-order valence-corrected chi connectivity index (χ0v) is 8.29. The maximum Gasteiger partial charge on any atom is 0.254 e. The first kappa shape index (κ1) is 10.8. The number of hydrogen-bond acceptors (Lipinski definition) is 3. The summed E-state index contributed by atoms with van der Waals surface area (Å²) in [5, 5.41) is 2.77. The predicted molar refractivity (Wildman–Crippen MR) is 52.2 cm³/mol. The van der Waals surface area contributed by atoms with E-state index in [-0.39, 0.29) is 5.91 Å². The minimum Gasteiger partial charge on any atom is -0.472 e. The molecule has 0 spiro atoms. The topological polar surface area (TPSA) is 51.5 Å². The van der Waals surface area contributed by atoms with Crippen LogP contribution >= 0.6 is 0 Å². The van der Waals surface area contributed by atoms with Crippen LogP contribution in [0.4, 0.5) is 0 Å². The van der Waals surface area contributed by atoms with Crippen LogP contribution in [0.1, 0.15) is 23.7 Å².